The summed E-state index contributed by atoms with van der Waals surface area (Å²) in [6.45, 7) is 16.2. The topological polar surface area (TPSA) is 46.6 Å². The first kappa shape index (κ1) is 30.9. The number of rotatable bonds is 16. The Morgan fingerprint density at radius 3 is 2.44 bits per heavy atom. The van der Waals surface area contributed by atoms with Gasteiger partial charge in [-0.05, 0) is 70.2 Å². The van der Waals surface area contributed by atoms with Gasteiger partial charge in [0.1, 0.15) is 6.29 Å². The summed E-state index contributed by atoms with van der Waals surface area (Å²) in [7, 11) is 0. The van der Waals surface area contributed by atoms with E-state index in [9.17, 15) is 9.59 Å². The summed E-state index contributed by atoms with van der Waals surface area (Å²) in [6.07, 6.45) is 15.8. The molecule has 0 bridgehead atoms. The first-order valence-corrected chi connectivity index (χ1v) is 13.9. The molecule has 5 heteroatoms. The van der Waals surface area contributed by atoms with Crippen molar-refractivity contribution in [3.63, 3.8) is 0 Å². The minimum atomic E-state index is -0.0817. The predicted molar refractivity (Wildman–Crippen MR) is 140 cm³/mol. The molecular weight excluding hydrogens is 418 g/mol. The highest BCUT2D eigenvalue weighted by atomic mass is 32.2. The summed E-state index contributed by atoms with van der Waals surface area (Å²) in [6, 6.07) is -0.0805. The van der Waals surface area contributed by atoms with Crippen molar-refractivity contribution in [2.24, 2.45) is 11.8 Å². The van der Waals surface area contributed by atoms with E-state index in [0.717, 1.165) is 57.2 Å². The largest absolute Gasteiger partial charge is 0.466 e. The molecule has 0 radical (unpaired) electrons. The van der Waals surface area contributed by atoms with Crippen molar-refractivity contribution in [1.29, 1.82) is 0 Å². The Labute approximate surface area is 202 Å². The van der Waals surface area contributed by atoms with Gasteiger partial charge in [-0.15, -0.1) is 6.58 Å². The van der Waals surface area contributed by atoms with Crippen molar-refractivity contribution in [3.05, 3.63) is 24.8 Å². The normalized spacial score (nSPS) is 17.8. The highest BCUT2D eigenvalue weighted by molar-refractivity contribution is 7.99. The van der Waals surface area contributed by atoms with Crippen molar-refractivity contribution in [1.82, 2.24) is 4.90 Å². The molecule has 3 atom stereocenters. The molecule has 0 amide bonds. The molecule has 0 spiro atoms. The Bertz CT molecular complexity index is 515. The minimum Gasteiger partial charge on any atom is -0.466 e. The number of thioether (sulfide) groups is 1. The number of allylic oxidation sites excluding steroid dienone is 3. The summed E-state index contributed by atoms with van der Waals surface area (Å²) in [5.41, 5.74) is 0. The van der Waals surface area contributed by atoms with Crippen LogP contribution in [0.1, 0.15) is 86.0 Å². The molecular formula is C27H49NO3S. The van der Waals surface area contributed by atoms with E-state index < -0.39 is 0 Å². The second kappa shape index (κ2) is 20.5. The van der Waals surface area contributed by atoms with E-state index in [1.54, 1.807) is 0 Å². The third-order valence-electron chi connectivity index (χ3n) is 5.90. The van der Waals surface area contributed by atoms with Gasteiger partial charge in [-0.25, -0.2) is 0 Å². The van der Waals surface area contributed by atoms with Crippen LogP contribution in [0.4, 0.5) is 0 Å². The maximum absolute atomic E-state index is 12.1. The zero-order valence-corrected chi connectivity index (χ0v) is 22.2. The average molecular weight is 468 g/mol. The highest BCUT2D eigenvalue weighted by Gasteiger charge is 2.32. The lowest BCUT2D eigenvalue weighted by Crippen LogP contribution is -2.48. The van der Waals surface area contributed by atoms with Gasteiger partial charge in [0.25, 0.3) is 0 Å². The number of piperidine rings is 1. The zero-order chi connectivity index (χ0) is 24.2. The molecule has 1 rings (SSSR count). The number of carbonyl (C=O) groups excluding carboxylic acids is 2. The molecule has 0 aromatic rings. The molecule has 0 aliphatic carbocycles. The summed E-state index contributed by atoms with van der Waals surface area (Å²) in [4.78, 5) is 26.5. The Morgan fingerprint density at radius 2 is 1.88 bits per heavy atom. The van der Waals surface area contributed by atoms with Crippen LogP contribution in [0.5, 0.6) is 0 Å². The third-order valence-corrected chi connectivity index (χ3v) is 7.32. The first-order chi connectivity index (χ1) is 15.6. The molecule has 186 valence electrons. The van der Waals surface area contributed by atoms with E-state index in [4.69, 9.17) is 4.74 Å². The molecule has 0 aromatic carbocycles. The number of ether oxygens (including phenoxy) is 1. The second-order valence-corrected chi connectivity index (χ2v) is 9.78. The summed E-state index contributed by atoms with van der Waals surface area (Å²) in [5.74, 6) is 1.20. The lowest BCUT2D eigenvalue weighted by molar-refractivity contribution is -0.149. The molecule has 1 aliphatic heterocycles. The number of aldehydes is 1. The van der Waals surface area contributed by atoms with Gasteiger partial charge in [0.2, 0.25) is 0 Å². The standard InChI is InChI=1S/C25H43NO3S.C2H6/c1-5-8-10-11-12-14-23(20-30-21(4)13-9-6-2)24(19-27)26-17-15-22(16-18-26)25(28)29-7-3;1-2/h5,11-12,19,21-24H,1,6-10,13-18,20H2,2-4H3;1-2H3/b12-11+;. The van der Waals surface area contributed by atoms with Crippen LogP contribution in [-0.4, -0.2) is 53.9 Å². The second-order valence-electron chi connectivity index (χ2n) is 8.31. The number of esters is 1. The Balaban J connectivity index is 0.00000466. The van der Waals surface area contributed by atoms with Crippen molar-refractivity contribution in [3.8, 4) is 0 Å². The van der Waals surface area contributed by atoms with Gasteiger partial charge in [-0.3, -0.25) is 9.69 Å². The molecule has 0 N–H and O–H groups in total. The van der Waals surface area contributed by atoms with Crippen LogP contribution in [0.3, 0.4) is 0 Å². The van der Waals surface area contributed by atoms with Gasteiger partial charge in [0, 0.05) is 5.25 Å². The van der Waals surface area contributed by atoms with Crippen LogP contribution in [-0.2, 0) is 14.3 Å². The number of likely N-dealkylation sites (tertiary alicyclic amines) is 1. The van der Waals surface area contributed by atoms with Crippen LogP contribution >= 0.6 is 11.8 Å². The fourth-order valence-electron chi connectivity index (χ4n) is 3.96. The lowest BCUT2D eigenvalue weighted by atomic mass is 9.91. The molecule has 4 nitrogen and oxygen atoms in total. The van der Waals surface area contributed by atoms with Gasteiger partial charge < -0.3 is 9.53 Å². The van der Waals surface area contributed by atoms with Crippen LogP contribution in [0.25, 0.3) is 0 Å². The minimum absolute atomic E-state index is 0.0193. The molecule has 1 aliphatic rings. The molecule has 3 unspecified atom stereocenters. The molecule has 0 saturated carbocycles. The van der Waals surface area contributed by atoms with E-state index >= 15 is 0 Å². The number of hydrogen-bond donors (Lipinski definition) is 0. The van der Waals surface area contributed by atoms with Gasteiger partial charge >= 0.3 is 5.97 Å². The van der Waals surface area contributed by atoms with Gasteiger partial charge in [0.15, 0.2) is 0 Å². The molecule has 1 saturated heterocycles. The number of unbranched alkanes of at least 4 members (excludes halogenated alkanes) is 2. The smallest absolute Gasteiger partial charge is 0.309 e. The Morgan fingerprint density at radius 1 is 1.19 bits per heavy atom. The maximum Gasteiger partial charge on any atom is 0.309 e. The zero-order valence-electron chi connectivity index (χ0n) is 21.4. The SMILES string of the molecule is C=CCC/C=C/CC(CSC(C)CCCC)C(C=O)N1CCC(C(=O)OCC)CC1.CC. The van der Waals surface area contributed by atoms with Crippen molar-refractivity contribution < 1.29 is 14.3 Å². The Hall–Kier alpha value is -1.07. The van der Waals surface area contributed by atoms with Crippen LogP contribution in [0, 0.1) is 11.8 Å². The summed E-state index contributed by atoms with van der Waals surface area (Å²) < 4.78 is 5.19. The van der Waals surface area contributed by atoms with Gasteiger partial charge in [-0.1, -0.05) is 58.8 Å². The molecule has 1 heterocycles. The van der Waals surface area contributed by atoms with Crippen molar-refractivity contribution in [2.45, 2.75) is 97.3 Å². The van der Waals surface area contributed by atoms with Gasteiger partial charge in [0.05, 0.1) is 18.6 Å². The number of nitrogens with zero attached hydrogens (tertiary/aromatic N) is 1. The monoisotopic (exact) mass is 467 g/mol. The predicted octanol–water partition coefficient (Wildman–Crippen LogP) is 6.70. The third kappa shape index (κ3) is 12.8. The number of hydrogen-bond acceptors (Lipinski definition) is 5. The Kier molecular flexibility index (Phi) is 19.8. The molecule has 32 heavy (non-hydrogen) atoms. The quantitative estimate of drug-likeness (QED) is 0.109. The van der Waals surface area contributed by atoms with Crippen LogP contribution in [0.2, 0.25) is 0 Å². The van der Waals surface area contributed by atoms with Gasteiger partial charge in [-0.2, -0.15) is 11.8 Å². The first-order valence-electron chi connectivity index (χ1n) is 12.8. The molecule has 0 aromatic heterocycles. The van der Waals surface area contributed by atoms with E-state index in [2.05, 4.69) is 37.5 Å². The lowest BCUT2D eigenvalue weighted by Gasteiger charge is -2.38. The molecule has 1 fully saturated rings. The van der Waals surface area contributed by atoms with Crippen LogP contribution < -0.4 is 0 Å². The average Bonchev–Trinajstić information content (AvgIpc) is 2.82. The van der Waals surface area contributed by atoms with E-state index in [1.165, 1.54) is 19.3 Å². The van der Waals surface area contributed by atoms with E-state index in [-0.39, 0.29) is 17.9 Å². The summed E-state index contributed by atoms with van der Waals surface area (Å²) in [5, 5.41) is 0.624. The fourth-order valence-corrected chi connectivity index (χ4v) is 5.20. The fraction of sp³-hybridized carbons (Fsp3) is 0.778. The maximum atomic E-state index is 12.1. The number of carbonyl (C=O) groups is 2. The van der Waals surface area contributed by atoms with E-state index in [0.29, 0.717) is 17.8 Å². The van der Waals surface area contributed by atoms with Crippen molar-refractivity contribution >= 4 is 24.0 Å². The van der Waals surface area contributed by atoms with Crippen molar-refractivity contribution in [2.75, 3.05) is 25.4 Å². The van der Waals surface area contributed by atoms with Crippen LogP contribution in [0.15, 0.2) is 24.8 Å². The highest BCUT2D eigenvalue weighted by Crippen LogP contribution is 2.28. The van der Waals surface area contributed by atoms with E-state index in [1.807, 2.05) is 38.6 Å². The summed E-state index contributed by atoms with van der Waals surface area (Å²) >= 11 is 2.00.